The number of allylic oxidation sites excluding steroid dienone is 4. The van der Waals surface area contributed by atoms with Gasteiger partial charge in [-0.15, -0.1) is 0 Å². The number of hydrogen-bond acceptors (Lipinski definition) is 8. The monoisotopic (exact) mass is 488 g/mol. The Morgan fingerprint density at radius 1 is 1.03 bits per heavy atom. The number of aliphatic hydroxyl groups is 1. The topological polar surface area (TPSA) is 116 Å². The van der Waals surface area contributed by atoms with E-state index in [2.05, 4.69) is 6.58 Å². The zero-order chi connectivity index (χ0) is 27.0. The molecule has 1 N–H and O–H groups in total. The van der Waals surface area contributed by atoms with Crippen molar-refractivity contribution in [2.75, 3.05) is 0 Å². The summed E-state index contributed by atoms with van der Waals surface area (Å²) in [6.45, 7) is 16.8. The van der Waals surface area contributed by atoms with E-state index in [9.17, 15) is 24.3 Å². The minimum absolute atomic E-state index is 0.0489. The van der Waals surface area contributed by atoms with Gasteiger partial charge in [-0.3, -0.25) is 9.59 Å². The van der Waals surface area contributed by atoms with E-state index >= 15 is 0 Å². The molecule has 4 atom stereocenters. The average molecular weight is 489 g/mol. The van der Waals surface area contributed by atoms with Gasteiger partial charge in [-0.1, -0.05) is 30.4 Å². The van der Waals surface area contributed by atoms with E-state index in [4.69, 9.17) is 14.2 Å². The molecule has 0 aromatic carbocycles. The highest BCUT2D eigenvalue weighted by Crippen LogP contribution is 2.37. The summed E-state index contributed by atoms with van der Waals surface area (Å²) in [5, 5.41) is 11.0. The highest BCUT2D eigenvalue weighted by molar-refractivity contribution is 6.01. The van der Waals surface area contributed by atoms with Gasteiger partial charge in [0.25, 0.3) is 0 Å². The summed E-state index contributed by atoms with van der Waals surface area (Å²) in [7, 11) is 0. The van der Waals surface area contributed by atoms with Crippen LogP contribution >= 0.6 is 0 Å². The molecule has 0 aliphatic heterocycles. The lowest BCUT2D eigenvalue weighted by molar-refractivity contribution is -0.159. The standard InChI is InChI=1S/C27H36O8/c1-10-15(5)26(31)34-20(13-12-14(3)4)17(7)21-23(30)24(33-19(9)28)18(8)22(29)25(21)35-27(32)16(6)11-2/h10-12,20-22,25,29H,7,13H2,1-6,8-9H3/b15-10-,16-11-/t20?,21-,22+,25+/m1/s1. The van der Waals surface area contributed by atoms with Crippen molar-refractivity contribution in [3.8, 4) is 0 Å². The van der Waals surface area contributed by atoms with E-state index in [-0.39, 0.29) is 28.9 Å². The number of rotatable bonds is 9. The molecule has 0 aromatic heterocycles. The zero-order valence-electron chi connectivity index (χ0n) is 21.8. The lowest BCUT2D eigenvalue weighted by atomic mass is 9.76. The van der Waals surface area contributed by atoms with Crippen LogP contribution in [0.4, 0.5) is 0 Å². The van der Waals surface area contributed by atoms with Gasteiger partial charge in [0.1, 0.15) is 18.3 Å². The molecule has 0 fully saturated rings. The molecule has 0 radical (unpaired) electrons. The molecule has 8 heteroatoms. The van der Waals surface area contributed by atoms with Gasteiger partial charge in [-0.2, -0.15) is 0 Å². The molecule has 1 aliphatic carbocycles. The van der Waals surface area contributed by atoms with Crippen molar-refractivity contribution < 1.29 is 38.5 Å². The van der Waals surface area contributed by atoms with Gasteiger partial charge in [-0.25, -0.2) is 9.59 Å². The summed E-state index contributed by atoms with van der Waals surface area (Å²) in [5.41, 5.74) is 1.74. The maximum Gasteiger partial charge on any atom is 0.333 e. The first-order valence-electron chi connectivity index (χ1n) is 11.4. The van der Waals surface area contributed by atoms with Crippen LogP contribution in [0.15, 0.2) is 58.4 Å². The van der Waals surface area contributed by atoms with Gasteiger partial charge < -0.3 is 19.3 Å². The van der Waals surface area contributed by atoms with Crippen molar-refractivity contribution in [3.63, 3.8) is 0 Å². The highest BCUT2D eigenvalue weighted by Gasteiger charge is 2.48. The Balaban J connectivity index is 3.61. The highest BCUT2D eigenvalue weighted by atomic mass is 16.6. The van der Waals surface area contributed by atoms with Gasteiger partial charge in [0.2, 0.25) is 5.78 Å². The van der Waals surface area contributed by atoms with Gasteiger partial charge in [-0.05, 0) is 54.0 Å². The van der Waals surface area contributed by atoms with Crippen LogP contribution in [0.2, 0.25) is 0 Å². The Bertz CT molecular complexity index is 1000. The van der Waals surface area contributed by atoms with Crippen LogP contribution in [0.1, 0.15) is 61.8 Å². The molecule has 0 amide bonds. The van der Waals surface area contributed by atoms with E-state index in [1.54, 1.807) is 26.8 Å². The molecule has 35 heavy (non-hydrogen) atoms. The largest absolute Gasteiger partial charge is 0.455 e. The molecule has 0 saturated carbocycles. The van der Waals surface area contributed by atoms with Crippen LogP contribution in [0.5, 0.6) is 0 Å². The number of carbonyl (C=O) groups is 4. The van der Waals surface area contributed by atoms with Crippen molar-refractivity contribution in [2.45, 2.75) is 80.1 Å². The number of ketones is 1. The summed E-state index contributed by atoms with van der Waals surface area (Å²) < 4.78 is 16.3. The van der Waals surface area contributed by atoms with Crippen LogP contribution in [-0.2, 0) is 33.4 Å². The average Bonchev–Trinajstić information content (AvgIpc) is 2.80. The predicted octanol–water partition coefficient (Wildman–Crippen LogP) is 4.05. The Hall–Kier alpha value is -3.26. The number of ether oxygens (including phenoxy) is 3. The number of carbonyl (C=O) groups excluding carboxylic acids is 4. The summed E-state index contributed by atoms with van der Waals surface area (Å²) in [6, 6.07) is 0. The van der Waals surface area contributed by atoms with E-state index in [0.717, 1.165) is 12.5 Å². The van der Waals surface area contributed by atoms with E-state index in [0.29, 0.717) is 5.57 Å². The molecule has 0 saturated heterocycles. The van der Waals surface area contributed by atoms with Crippen LogP contribution in [0.25, 0.3) is 0 Å². The molecule has 1 rings (SSSR count). The minimum atomic E-state index is -1.46. The molecule has 0 aromatic rings. The maximum absolute atomic E-state index is 13.5. The van der Waals surface area contributed by atoms with Gasteiger partial charge in [0, 0.05) is 30.1 Å². The van der Waals surface area contributed by atoms with E-state index < -0.39 is 47.9 Å². The maximum atomic E-state index is 13.5. The van der Waals surface area contributed by atoms with Gasteiger partial charge in [0.15, 0.2) is 5.76 Å². The SMILES string of the molecule is C=C(C(CC=C(C)C)OC(=O)/C(C)=C\C)[C@@H]1C(=O)C(OC(C)=O)=C(C)[C@H](O)[C@H]1OC(=O)/C(C)=C\C. The molecule has 1 unspecified atom stereocenters. The number of Topliss-reactive ketones (excluding diaryl/α,β-unsaturated/α-hetero) is 1. The van der Waals surface area contributed by atoms with Crippen LogP contribution < -0.4 is 0 Å². The van der Waals surface area contributed by atoms with Crippen molar-refractivity contribution in [1.82, 2.24) is 0 Å². The molecular formula is C27H36O8. The summed E-state index contributed by atoms with van der Waals surface area (Å²) in [6.07, 6.45) is 1.33. The second-order valence-electron chi connectivity index (χ2n) is 8.69. The Morgan fingerprint density at radius 2 is 1.57 bits per heavy atom. The second kappa shape index (κ2) is 13.0. The van der Waals surface area contributed by atoms with Crippen LogP contribution in [0, 0.1) is 5.92 Å². The fourth-order valence-corrected chi connectivity index (χ4v) is 3.33. The first-order valence-corrected chi connectivity index (χ1v) is 11.4. The number of hydrogen-bond donors (Lipinski definition) is 1. The fourth-order valence-electron chi connectivity index (χ4n) is 3.33. The third-order valence-corrected chi connectivity index (χ3v) is 5.75. The molecule has 192 valence electrons. The molecular weight excluding hydrogens is 452 g/mol. The van der Waals surface area contributed by atoms with E-state index in [1.807, 2.05) is 19.9 Å². The summed E-state index contributed by atoms with van der Waals surface area (Å²) in [5.74, 6) is -4.46. The van der Waals surface area contributed by atoms with E-state index in [1.165, 1.54) is 19.9 Å². The lowest BCUT2D eigenvalue weighted by Gasteiger charge is -2.37. The number of aliphatic hydroxyl groups excluding tert-OH is 1. The Morgan fingerprint density at radius 3 is 2.06 bits per heavy atom. The van der Waals surface area contributed by atoms with Gasteiger partial charge >= 0.3 is 17.9 Å². The first kappa shape index (κ1) is 29.8. The summed E-state index contributed by atoms with van der Waals surface area (Å²) >= 11 is 0. The van der Waals surface area contributed by atoms with Gasteiger partial charge in [0.05, 0.1) is 5.92 Å². The predicted molar refractivity (Wildman–Crippen MR) is 131 cm³/mol. The van der Waals surface area contributed by atoms with Crippen molar-refractivity contribution in [2.24, 2.45) is 5.92 Å². The Kier molecular flexibility index (Phi) is 11.1. The summed E-state index contributed by atoms with van der Waals surface area (Å²) in [4.78, 5) is 50.3. The molecule has 8 nitrogen and oxygen atoms in total. The third kappa shape index (κ3) is 7.62. The normalized spacial score (nSPS) is 21.7. The molecule has 0 bridgehead atoms. The fraction of sp³-hybridized carbons (Fsp3) is 0.481. The van der Waals surface area contributed by atoms with Crippen LogP contribution in [0.3, 0.4) is 0 Å². The molecule has 1 aliphatic rings. The first-order chi connectivity index (χ1) is 16.3. The lowest BCUT2D eigenvalue weighted by Crippen LogP contribution is -2.49. The van der Waals surface area contributed by atoms with Crippen molar-refractivity contribution in [3.05, 3.63) is 58.4 Å². The molecule has 0 spiro atoms. The number of esters is 3. The molecule has 0 heterocycles. The minimum Gasteiger partial charge on any atom is -0.455 e. The third-order valence-electron chi connectivity index (χ3n) is 5.75. The zero-order valence-corrected chi connectivity index (χ0v) is 21.8. The van der Waals surface area contributed by atoms with Crippen molar-refractivity contribution in [1.29, 1.82) is 0 Å². The Labute approximate surface area is 207 Å². The second-order valence-corrected chi connectivity index (χ2v) is 8.69. The smallest absolute Gasteiger partial charge is 0.333 e. The van der Waals surface area contributed by atoms with Crippen LogP contribution in [-0.4, -0.2) is 47.1 Å². The quantitative estimate of drug-likeness (QED) is 0.224. The van der Waals surface area contributed by atoms with Crippen molar-refractivity contribution >= 4 is 23.7 Å².